The molecule has 3 amide bonds. The molecule has 1 unspecified atom stereocenters. The third-order valence-electron chi connectivity index (χ3n) is 6.69. The average Bonchev–Trinajstić information content (AvgIpc) is 3.49. The van der Waals surface area contributed by atoms with Crippen molar-refractivity contribution in [2.75, 3.05) is 11.9 Å². The first-order chi connectivity index (χ1) is 15.4. The Morgan fingerprint density at radius 1 is 1.21 bits per heavy atom. The van der Waals surface area contributed by atoms with Crippen LogP contribution in [0, 0.1) is 11.8 Å². The lowest BCUT2D eigenvalue weighted by atomic mass is 9.82. The smallest absolute Gasteiger partial charge is 0.324 e. The van der Waals surface area contributed by atoms with E-state index in [-0.39, 0.29) is 43.3 Å². The van der Waals surface area contributed by atoms with E-state index in [2.05, 4.69) is 10.3 Å². The molecule has 0 aromatic carbocycles. The lowest BCUT2D eigenvalue weighted by Crippen LogP contribution is -2.44. The highest BCUT2D eigenvalue weighted by atomic mass is 19.4. The Hall–Kier alpha value is -2.50. The number of anilines is 1. The van der Waals surface area contributed by atoms with Crippen LogP contribution in [-0.2, 0) is 4.79 Å². The van der Waals surface area contributed by atoms with Crippen molar-refractivity contribution in [3.05, 3.63) is 23.9 Å². The number of hydrogen-bond donors (Lipinski definition) is 3. The van der Waals surface area contributed by atoms with Gasteiger partial charge < -0.3 is 21.3 Å². The molecule has 182 valence electrons. The molecule has 7 nitrogen and oxygen atoms in total. The molecule has 1 aromatic heterocycles. The molecule has 0 bridgehead atoms. The minimum Gasteiger partial charge on any atom is -0.324 e. The molecule has 2 heterocycles. The summed E-state index contributed by atoms with van der Waals surface area (Å²) in [4.78, 5) is 30.2. The second-order valence-electron chi connectivity index (χ2n) is 9.16. The van der Waals surface area contributed by atoms with Gasteiger partial charge in [-0.2, -0.15) is 13.2 Å². The van der Waals surface area contributed by atoms with Crippen molar-refractivity contribution in [1.82, 2.24) is 15.2 Å². The Kier molecular flexibility index (Phi) is 6.23. The number of nitrogens with one attached hydrogen (secondary N) is 2. The molecule has 33 heavy (non-hydrogen) atoms. The molecule has 4 N–H and O–H groups in total. The number of nitrogens with two attached hydrogens (primary N) is 1. The number of halogens is 5. The zero-order chi connectivity index (χ0) is 24.0. The minimum absolute atomic E-state index is 0.0137. The van der Waals surface area contributed by atoms with Gasteiger partial charge in [0.2, 0.25) is 11.8 Å². The van der Waals surface area contributed by atoms with Crippen molar-refractivity contribution in [1.29, 1.82) is 0 Å². The van der Waals surface area contributed by atoms with Crippen LogP contribution < -0.4 is 16.4 Å². The van der Waals surface area contributed by atoms with E-state index in [1.165, 1.54) is 17.2 Å². The molecule has 2 aliphatic carbocycles. The molecule has 0 radical (unpaired) electrons. The number of hydrogen-bond acceptors (Lipinski definition) is 4. The van der Waals surface area contributed by atoms with Gasteiger partial charge in [-0.05, 0) is 55.2 Å². The zero-order valence-electron chi connectivity index (χ0n) is 17.7. The normalized spacial score (nSPS) is 25.5. The summed E-state index contributed by atoms with van der Waals surface area (Å²) in [6.45, 7) is -0.495. The largest absolute Gasteiger partial charge is 0.410 e. The molecule has 2 saturated carbocycles. The maximum absolute atomic E-state index is 13.4. The van der Waals surface area contributed by atoms with Gasteiger partial charge in [-0.3, -0.25) is 4.79 Å². The molecule has 3 atom stereocenters. The fourth-order valence-electron chi connectivity index (χ4n) is 4.65. The predicted octanol–water partition coefficient (Wildman–Crippen LogP) is 3.58. The number of urea groups is 1. The number of carbonyl (C=O) groups excluding carboxylic acids is 2. The van der Waals surface area contributed by atoms with Gasteiger partial charge in [0, 0.05) is 19.0 Å². The van der Waals surface area contributed by atoms with Crippen LogP contribution >= 0.6 is 0 Å². The van der Waals surface area contributed by atoms with E-state index in [9.17, 15) is 31.5 Å². The number of nitrogens with zero attached hydrogens (tertiary/aromatic N) is 2. The summed E-state index contributed by atoms with van der Waals surface area (Å²) in [6.07, 6.45) is -1.94. The molecular formula is C21H26F5N5O2. The first-order valence-corrected chi connectivity index (χ1v) is 11.0. The third-order valence-corrected chi connectivity index (χ3v) is 6.69. The average molecular weight is 475 g/mol. The Morgan fingerprint density at radius 2 is 1.88 bits per heavy atom. The van der Waals surface area contributed by atoms with Crippen molar-refractivity contribution >= 4 is 17.8 Å². The molecule has 3 fully saturated rings. The van der Waals surface area contributed by atoms with Crippen molar-refractivity contribution in [3.8, 4) is 0 Å². The first kappa shape index (κ1) is 23.7. The van der Waals surface area contributed by atoms with Crippen LogP contribution in [0.25, 0.3) is 0 Å². The topological polar surface area (TPSA) is 100 Å². The Bertz CT molecular complexity index is 897. The lowest BCUT2D eigenvalue weighted by Gasteiger charge is -2.31. The lowest BCUT2D eigenvalue weighted by molar-refractivity contribution is -0.150. The van der Waals surface area contributed by atoms with Crippen molar-refractivity contribution in [3.63, 3.8) is 0 Å². The summed E-state index contributed by atoms with van der Waals surface area (Å²) in [6, 6.07) is -1.15. The van der Waals surface area contributed by atoms with Crippen molar-refractivity contribution in [2.45, 2.75) is 68.7 Å². The highest BCUT2D eigenvalue weighted by molar-refractivity contribution is 5.94. The Balaban J connectivity index is 1.45. The van der Waals surface area contributed by atoms with Crippen LogP contribution in [-0.4, -0.2) is 52.5 Å². The minimum atomic E-state index is -4.55. The molecule has 1 saturated heterocycles. The standard InChI is InChI=1S/C21H26F5N5O2/c22-20(23)6-3-11(4-7-20)16(27)18(32)30-15-9-13(5-8-28-15)17(12-1-2-12)31-10-14(21(24,25)26)29-19(31)33/h5,8-9,11-12,14,16-17H,1-4,6-7,10,27H2,(H,29,33)(H,28,30,32)/t14-,16-,17?/m0/s1. The molecule has 12 heteroatoms. The third kappa shape index (κ3) is 5.36. The molecule has 4 rings (SSSR count). The summed E-state index contributed by atoms with van der Waals surface area (Å²) in [5.74, 6) is -3.51. The monoisotopic (exact) mass is 475 g/mol. The van der Waals surface area contributed by atoms with E-state index in [4.69, 9.17) is 5.73 Å². The van der Waals surface area contributed by atoms with E-state index in [0.29, 0.717) is 5.56 Å². The van der Waals surface area contributed by atoms with Crippen LogP contribution in [0.2, 0.25) is 0 Å². The second-order valence-corrected chi connectivity index (χ2v) is 9.16. The second kappa shape index (κ2) is 8.69. The van der Waals surface area contributed by atoms with E-state index in [1.54, 1.807) is 6.07 Å². The molecule has 1 aliphatic heterocycles. The van der Waals surface area contributed by atoms with Crippen LogP contribution in [0.4, 0.5) is 32.6 Å². The van der Waals surface area contributed by atoms with Crippen LogP contribution in [0.15, 0.2) is 18.3 Å². The van der Waals surface area contributed by atoms with Gasteiger partial charge in [-0.25, -0.2) is 18.6 Å². The summed E-state index contributed by atoms with van der Waals surface area (Å²) >= 11 is 0. The fraction of sp³-hybridized carbons (Fsp3) is 0.667. The SMILES string of the molecule is N[C@H](C(=O)Nc1cc(C(C2CC2)N2C[C@@H](C(F)(F)F)NC2=O)ccn1)C1CCC(F)(F)CC1. The van der Waals surface area contributed by atoms with Crippen LogP contribution in [0.1, 0.15) is 50.1 Å². The zero-order valence-corrected chi connectivity index (χ0v) is 17.7. The summed E-state index contributed by atoms with van der Waals surface area (Å²) in [7, 11) is 0. The summed E-state index contributed by atoms with van der Waals surface area (Å²) in [5.41, 5.74) is 6.57. The Labute approximate surface area is 187 Å². The van der Waals surface area contributed by atoms with Crippen molar-refractivity contribution in [2.24, 2.45) is 17.6 Å². The maximum atomic E-state index is 13.4. The van der Waals surface area contributed by atoms with Crippen molar-refractivity contribution < 1.29 is 31.5 Å². The maximum Gasteiger partial charge on any atom is 0.410 e. The number of carbonyl (C=O) groups is 2. The highest BCUT2D eigenvalue weighted by Gasteiger charge is 2.51. The molecular weight excluding hydrogens is 449 g/mol. The number of pyridine rings is 1. The van der Waals surface area contributed by atoms with Gasteiger partial charge in [0.15, 0.2) is 0 Å². The number of amides is 3. The summed E-state index contributed by atoms with van der Waals surface area (Å²) in [5, 5.41) is 4.57. The van der Waals surface area contributed by atoms with Gasteiger partial charge in [0.25, 0.3) is 0 Å². The quantitative estimate of drug-likeness (QED) is 0.548. The van der Waals surface area contributed by atoms with Gasteiger partial charge in [0.05, 0.1) is 18.6 Å². The summed E-state index contributed by atoms with van der Waals surface area (Å²) < 4.78 is 66.1. The molecule has 0 spiro atoms. The number of alkyl halides is 5. The van der Waals surface area contributed by atoms with Gasteiger partial charge in [0.1, 0.15) is 11.9 Å². The number of rotatable bonds is 6. The van der Waals surface area contributed by atoms with E-state index in [1.807, 2.05) is 5.32 Å². The van der Waals surface area contributed by atoms with E-state index >= 15 is 0 Å². The van der Waals surface area contributed by atoms with Gasteiger partial charge in [-0.1, -0.05) is 0 Å². The van der Waals surface area contributed by atoms with Crippen LogP contribution in [0.5, 0.6) is 0 Å². The highest BCUT2D eigenvalue weighted by Crippen LogP contribution is 2.46. The van der Waals surface area contributed by atoms with Gasteiger partial charge >= 0.3 is 12.2 Å². The fourth-order valence-corrected chi connectivity index (χ4v) is 4.65. The van der Waals surface area contributed by atoms with E-state index < -0.39 is 48.7 Å². The van der Waals surface area contributed by atoms with Gasteiger partial charge in [-0.15, -0.1) is 0 Å². The van der Waals surface area contributed by atoms with Crippen LogP contribution in [0.3, 0.4) is 0 Å². The van der Waals surface area contributed by atoms with E-state index in [0.717, 1.165) is 12.8 Å². The Morgan fingerprint density at radius 3 is 2.45 bits per heavy atom. The number of aromatic nitrogens is 1. The molecule has 1 aromatic rings. The first-order valence-electron chi connectivity index (χ1n) is 11.0. The molecule has 3 aliphatic rings. The predicted molar refractivity (Wildman–Crippen MR) is 108 cm³/mol.